The van der Waals surface area contributed by atoms with Crippen LogP contribution in [0, 0.1) is 5.82 Å². The fraction of sp³-hybridized carbons (Fsp3) is 0.167. The molecule has 0 saturated heterocycles. The molecule has 1 heterocycles. The van der Waals surface area contributed by atoms with Crippen LogP contribution in [0.3, 0.4) is 0 Å². The Kier molecular flexibility index (Phi) is 4.21. The lowest BCUT2D eigenvalue weighted by Gasteiger charge is -2.09. The van der Waals surface area contributed by atoms with E-state index in [2.05, 4.69) is 9.97 Å². The van der Waals surface area contributed by atoms with E-state index in [-0.39, 0.29) is 11.3 Å². The van der Waals surface area contributed by atoms with E-state index in [1.165, 1.54) is 12.1 Å². The zero-order chi connectivity index (χ0) is 15.6. The van der Waals surface area contributed by atoms with Gasteiger partial charge < -0.3 is 0 Å². The van der Waals surface area contributed by atoms with Crippen molar-refractivity contribution in [3.05, 3.63) is 47.7 Å². The largest absolute Gasteiger partial charge is 0.433 e. The first-order valence-corrected chi connectivity index (χ1v) is 6.95. The van der Waals surface area contributed by atoms with Gasteiger partial charge in [0.05, 0.1) is 5.69 Å². The maximum Gasteiger partial charge on any atom is 0.433 e. The van der Waals surface area contributed by atoms with Crippen molar-refractivity contribution in [2.45, 2.75) is 11.9 Å². The molecule has 2 rings (SSSR count). The molecule has 1 aromatic heterocycles. The predicted molar refractivity (Wildman–Crippen MR) is 66.4 cm³/mol. The summed E-state index contributed by atoms with van der Waals surface area (Å²) in [6.07, 6.45) is -4.76. The van der Waals surface area contributed by atoms with Crippen molar-refractivity contribution >= 4 is 10.7 Å². The Morgan fingerprint density at radius 2 is 1.81 bits per heavy atom. The molecule has 0 bridgehead atoms. The summed E-state index contributed by atoms with van der Waals surface area (Å²) in [5, 5.41) is 0. The molecular formula is C12H8F4N2O2S. The topological polar surface area (TPSA) is 59.9 Å². The highest BCUT2D eigenvalue weighted by molar-refractivity contribution is 7.71. The van der Waals surface area contributed by atoms with Gasteiger partial charge in [-0.3, -0.25) is 0 Å². The minimum atomic E-state index is -4.76. The van der Waals surface area contributed by atoms with Crippen molar-refractivity contribution in [1.29, 1.82) is 0 Å². The van der Waals surface area contributed by atoms with Crippen LogP contribution >= 0.6 is 0 Å². The number of nitrogens with zero attached hydrogens (tertiary/aromatic N) is 2. The van der Waals surface area contributed by atoms with Crippen molar-refractivity contribution in [3.8, 4) is 11.3 Å². The van der Waals surface area contributed by atoms with Gasteiger partial charge in [0, 0.05) is 5.56 Å². The molecule has 0 aliphatic carbocycles. The van der Waals surface area contributed by atoms with Gasteiger partial charge in [-0.15, -0.1) is 0 Å². The Labute approximate surface area is 118 Å². The average Bonchev–Trinajstić information content (AvgIpc) is 2.36. The Balaban J connectivity index is 2.59. The highest BCUT2D eigenvalue weighted by Gasteiger charge is 2.33. The van der Waals surface area contributed by atoms with Gasteiger partial charge in [-0.1, -0.05) is 12.1 Å². The van der Waals surface area contributed by atoms with Crippen molar-refractivity contribution in [2.75, 3.05) is 0 Å². The quantitative estimate of drug-likeness (QED) is 0.697. The Hall–Kier alpha value is -2.03. The van der Waals surface area contributed by atoms with Gasteiger partial charge in [-0.25, -0.2) is 22.8 Å². The summed E-state index contributed by atoms with van der Waals surface area (Å²) >= 11 is 0. The molecular weight excluding hydrogens is 312 g/mol. The molecule has 0 aliphatic rings. The van der Waals surface area contributed by atoms with Crippen molar-refractivity contribution in [3.63, 3.8) is 0 Å². The summed E-state index contributed by atoms with van der Waals surface area (Å²) < 4.78 is 72.7. The first-order valence-electron chi connectivity index (χ1n) is 5.58. The molecule has 0 amide bonds. The molecule has 1 aromatic carbocycles. The zero-order valence-electron chi connectivity index (χ0n) is 10.3. The highest BCUT2D eigenvalue weighted by Crippen LogP contribution is 2.30. The monoisotopic (exact) mass is 320 g/mol. The molecule has 0 radical (unpaired) electrons. The zero-order valence-corrected chi connectivity index (χ0v) is 11.2. The molecule has 112 valence electrons. The van der Waals surface area contributed by atoms with Crippen LogP contribution in [0.15, 0.2) is 30.3 Å². The van der Waals surface area contributed by atoms with Gasteiger partial charge >= 0.3 is 6.18 Å². The second-order valence-corrected chi connectivity index (χ2v) is 5.04. The summed E-state index contributed by atoms with van der Waals surface area (Å²) in [6.45, 7) is 0. The molecule has 2 aromatic rings. The van der Waals surface area contributed by atoms with Gasteiger partial charge in [-0.2, -0.15) is 13.2 Å². The highest BCUT2D eigenvalue weighted by atomic mass is 32.2. The number of halogens is 4. The van der Waals surface area contributed by atoms with Crippen LogP contribution in [-0.2, 0) is 22.6 Å². The minimum absolute atomic E-state index is 0.102. The van der Waals surface area contributed by atoms with E-state index in [1.54, 1.807) is 0 Å². The van der Waals surface area contributed by atoms with Gasteiger partial charge in [-0.05, 0) is 18.2 Å². The van der Waals surface area contributed by atoms with Gasteiger partial charge in [0.2, 0.25) is 0 Å². The van der Waals surface area contributed by atoms with Crippen LogP contribution in [0.2, 0.25) is 0 Å². The molecule has 0 aliphatic heterocycles. The van der Waals surface area contributed by atoms with E-state index in [4.69, 9.17) is 0 Å². The van der Waals surface area contributed by atoms with Crippen molar-refractivity contribution in [2.24, 2.45) is 0 Å². The van der Waals surface area contributed by atoms with Crippen LogP contribution in [0.25, 0.3) is 11.3 Å². The Bertz CT molecular complexity index is 736. The second kappa shape index (κ2) is 5.76. The van der Waals surface area contributed by atoms with Crippen LogP contribution in [0.5, 0.6) is 0 Å². The summed E-state index contributed by atoms with van der Waals surface area (Å²) in [4.78, 5) is 6.92. The maximum absolute atomic E-state index is 13.1. The molecule has 0 spiro atoms. The number of hydrogen-bond acceptors (Lipinski definition) is 4. The van der Waals surface area contributed by atoms with E-state index >= 15 is 0 Å². The number of aromatic nitrogens is 2. The van der Waals surface area contributed by atoms with E-state index in [9.17, 15) is 26.0 Å². The summed E-state index contributed by atoms with van der Waals surface area (Å²) in [6, 6.07) is 5.46. The number of thiol groups is 1. The van der Waals surface area contributed by atoms with E-state index < -0.39 is 40.0 Å². The maximum atomic E-state index is 13.1. The molecule has 0 fully saturated rings. The number of hydrogen-bond donors (Lipinski definition) is 1. The van der Waals surface area contributed by atoms with Crippen LogP contribution < -0.4 is 0 Å². The Morgan fingerprint density at radius 3 is 2.38 bits per heavy atom. The predicted octanol–water partition coefficient (Wildman–Crippen LogP) is 2.41. The van der Waals surface area contributed by atoms with Crippen LogP contribution in [0.4, 0.5) is 17.6 Å². The lowest BCUT2D eigenvalue weighted by atomic mass is 10.1. The third-order valence-corrected chi connectivity index (χ3v) is 2.99. The van der Waals surface area contributed by atoms with Crippen molar-refractivity contribution in [1.82, 2.24) is 9.97 Å². The van der Waals surface area contributed by atoms with Crippen LogP contribution in [0.1, 0.15) is 11.5 Å². The summed E-state index contributed by atoms with van der Waals surface area (Å²) in [5.74, 6) is -1.85. The average molecular weight is 320 g/mol. The summed E-state index contributed by atoms with van der Waals surface area (Å²) in [5.41, 5.74) is -1.36. The standard InChI is InChI=1S/C12H8F4N2O2S/c13-8-3-1-2-7(4-8)9-5-10(12(14,15)16)18-11(17-9)6-21(19)20/h1-5,21H,6H2. The molecule has 9 heteroatoms. The fourth-order valence-electron chi connectivity index (χ4n) is 1.62. The van der Waals surface area contributed by atoms with Gasteiger partial charge in [0.1, 0.15) is 33.8 Å². The van der Waals surface area contributed by atoms with Crippen molar-refractivity contribution < 1.29 is 26.0 Å². The normalized spacial score (nSPS) is 11.9. The van der Waals surface area contributed by atoms with E-state index in [0.29, 0.717) is 6.07 Å². The third kappa shape index (κ3) is 3.97. The second-order valence-electron chi connectivity index (χ2n) is 4.05. The van der Waals surface area contributed by atoms with Crippen LogP contribution in [-0.4, -0.2) is 18.4 Å². The third-order valence-electron chi connectivity index (χ3n) is 2.45. The smallest absolute Gasteiger partial charge is 0.232 e. The van der Waals surface area contributed by atoms with Gasteiger partial charge in [0.15, 0.2) is 0 Å². The Morgan fingerprint density at radius 1 is 1.10 bits per heavy atom. The molecule has 0 saturated carbocycles. The van der Waals surface area contributed by atoms with Gasteiger partial charge in [0.25, 0.3) is 0 Å². The molecule has 21 heavy (non-hydrogen) atoms. The summed E-state index contributed by atoms with van der Waals surface area (Å²) in [7, 11) is -2.98. The van der Waals surface area contributed by atoms with E-state index in [0.717, 1.165) is 12.1 Å². The number of benzene rings is 1. The molecule has 4 nitrogen and oxygen atoms in total. The first kappa shape index (κ1) is 15.4. The fourth-order valence-corrected chi connectivity index (χ4v) is 2.00. The SMILES string of the molecule is O=[SH](=O)Cc1nc(-c2cccc(F)c2)cc(C(F)(F)F)n1. The first-order chi connectivity index (χ1) is 9.75. The molecule has 0 unspecified atom stereocenters. The lowest BCUT2D eigenvalue weighted by molar-refractivity contribution is -0.141. The van der Waals surface area contributed by atoms with E-state index in [1.807, 2.05) is 0 Å². The lowest BCUT2D eigenvalue weighted by Crippen LogP contribution is -2.12. The molecule has 0 atom stereocenters. The molecule has 0 N–H and O–H groups in total. The minimum Gasteiger partial charge on any atom is -0.232 e. The number of alkyl halides is 3. The number of rotatable bonds is 3.